The van der Waals surface area contributed by atoms with Crippen LogP contribution in [0.5, 0.6) is 0 Å². The lowest BCUT2D eigenvalue weighted by Crippen LogP contribution is -1.93. The summed E-state index contributed by atoms with van der Waals surface area (Å²) in [4.78, 5) is 10.1. The van der Waals surface area contributed by atoms with Crippen molar-refractivity contribution in [1.29, 1.82) is 0 Å². The Hall–Kier alpha value is -7.56. The quantitative estimate of drug-likeness (QED) is 0.172. The number of hydrogen-bond donors (Lipinski definition) is 0. The molecule has 11 aromatic rings. The Kier molecular flexibility index (Phi) is 7.46. The van der Waals surface area contributed by atoms with E-state index in [0.717, 1.165) is 55.7 Å². The van der Waals surface area contributed by atoms with E-state index in [1.165, 1.54) is 38.5 Å². The summed E-state index contributed by atoms with van der Waals surface area (Å²) in [7, 11) is 0. The number of benzene rings is 8. The first-order valence-corrected chi connectivity index (χ1v) is 18.9. The van der Waals surface area contributed by atoms with Crippen LogP contribution in [0.2, 0.25) is 0 Å². The van der Waals surface area contributed by atoms with E-state index >= 15 is 0 Å². The number of hydrogen-bond acceptors (Lipinski definition) is 3. The standard InChI is InChI=1S/C52H33N3O/c1-4-14-34(15-5-1)49-51-50(54-52(53-49)35-16-6-2-7-17-35)45-33-41(27-29-48(45)56-51)39-21-13-19-37(31-39)36-18-12-20-38(30-36)40-26-28-47-44(32-40)43-24-10-11-25-46(43)55(47)42-22-8-3-9-23-42/h1-33H. The normalized spacial score (nSPS) is 11.6. The molecule has 0 spiro atoms. The van der Waals surface area contributed by atoms with Gasteiger partial charge in [0.15, 0.2) is 11.4 Å². The zero-order chi connectivity index (χ0) is 37.0. The van der Waals surface area contributed by atoms with Crippen LogP contribution in [-0.2, 0) is 0 Å². The molecule has 4 heteroatoms. The monoisotopic (exact) mass is 715 g/mol. The second kappa shape index (κ2) is 13.1. The second-order valence-corrected chi connectivity index (χ2v) is 14.2. The molecule has 0 aliphatic rings. The van der Waals surface area contributed by atoms with Crippen LogP contribution >= 0.6 is 0 Å². The molecule has 0 N–H and O–H groups in total. The Morgan fingerprint density at radius 3 is 1.55 bits per heavy atom. The molecule has 0 aliphatic carbocycles. The molecule has 8 aromatic carbocycles. The van der Waals surface area contributed by atoms with Crippen molar-refractivity contribution in [1.82, 2.24) is 14.5 Å². The number of nitrogens with zero attached hydrogens (tertiary/aromatic N) is 3. The molecule has 0 aliphatic heterocycles. The third-order valence-corrected chi connectivity index (χ3v) is 10.8. The minimum atomic E-state index is 0.674. The van der Waals surface area contributed by atoms with Crippen LogP contribution in [0.4, 0.5) is 0 Å². The molecule has 0 bridgehead atoms. The maximum atomic E-state index is 6.52. The molecule has 0 atom stereocenters. The van der Waals surface area contributed by atoms with E-state index in [0.29, 0.717) is 11.4 Å². The number of furan rings is 1. The summed E-state index contributed by atoms with van der Waals surface area (Å²) in [6.07, 6.45) is 0. The van der Waals surface area contributed by atoms with Gasteiger partial charge in [0.1, 0.15) is 16.8 Å². The van der Waals surface area contributed by atoms with Gasteiger partial charge in [0.05, 0.1) is 11.0 Å². The van der Waals surface area contributed by atoms with Crippen LogP contribution in [0, 0.1) is 0 Å². The summed E-state index contributed by atoms with van der Waals surface area (Å²) in [5.74, 6) is 0.674. The highest BCUT2D eigenvalue weighted by molar-refractivity contribution is 6.11. The lowest BCUT2D eigenvalue weighted by Gasteiger charge is -2.10. The Balaban J connectivity index is 0.989. The molecule has 0 radical (unpaired) electrons. The van der Waals surface area contributed by atoms with Gasteiger partial charge < -0.3 is 8.98 Å². The molecule has 262 valence electrons. The average Bonchev–Trinajstić information content (AvgIpc) is 3.82. The van der Waals surface area contributed by atoms with Gasteiger partial charge in [0.2, 0.25) is 0 Å². The van der Waals surface area contributed by atoms with E-state index in [2.05, 4.69) is 156 Å². The zero-order valence-electron chi connectivity index (χ0n) is 30.3. The van der Waals surface area contributed by atoms with Crippen LogP contribution in [0.1, 0.15) is 0 Å². The number of fused-ring (bicyclic) bond motifs is 6. The van der Waals surface area contributed by atoms with E-state index in [1.54, 1.807) is 0 Å². The molecule has 0 unspecified atom stereocenters. The predicted octanol–water partition coefficient (Wildman–Crippen LogP) is 13.8. The van der Waals surface area contributed by atoms with Gasteiger partial charge in [0.25, 0.3) is 0 Å². The van der Waals surface area contributed by atoms with Crippen LogP contribution in [0.25, 0.3) is 106 Å². The third-order valence-electron chi connectivity index (χ3n) is 10.8. The fraction of sp³-hybridized carbons (Fsp3) is 0. The van der Waals surface area contributed by atoms with Gasteiger partial charge >= 0.3 is 0 Å². The van der Waals surface area contributed by atoms with Gasteiger partial charge in [-0.1, -0.05) is 146 Å². The topological polar surface area (TPSA) is 43.9 Å². The number of para-hydroxylation sites is 2. The van der Waals surface area contributed by atoms with Crippen molar-refractivity contribution < 1.29 is 4.42 Å². The Bertz CT molecular complexity index is 3240. The van der Waals surface area contributed by atoms with E-state index in [1.807, 2.05) is 48.5 Å². The molecule has 3 heterocycles. The average molecular weight is 716 g/mol. The fourth-order valence-electron chi connectivity index (χ4n) is 8.10. The molecule has 3 aromatic heterocycles. The van der Waals surface area contributed by atoms with E-state index < -0.39 is 0 Å². The molecule has 0 fully saturated rings. The Morgan fingerprint density at radius 2 is 0.875 bits per heavy atom. The van der Waals surface area contributed by atoms with Gasteiger partial charge in [-0.05, 0) is 88.0 Å². The SMILES string of the molecule is c1ccc(-c2nc(-c3ccccc3)c3oc4ccc(-c5cccc(-c6cccc(-c7ccc8c(c7)c7ccccc7n8-c7ccccc7)c6)c5)cc4c3n2)cc1. The zero-order valence-corrected chi connectivity index (χ0v) is 30.3. The first kappa shape index (κ1) is 31.9. The van der Waals surface area contributed by atoms with Gasteiger partial charge in [-0.15, -0.1) is 0 Å². The second-order valence-electron chi connectivity index (χ2n) is 14.2. The van der Waals surface area contributed by atoms with E-state index in [-0.39, 0.29) is 0 Å². The molecule has 11 rings (SSSR count). The Morgan fingerprint density at radius 1 is 0.357 bits per heavy atom. The molecule has 56 heavy (non-hydrogen) atoms. The number of aromatic nitrogens is 3. The molecule has 0 saturated carbocycles. The predicted molar refractivity (Wildman–Crippen MR) is 231 cm³/mol. The van der Waals surface area contributed by atoms with Crippen molar-refractivity contribution >= 4 is 43.9 Å². The van der Waals surface area contributed by atoms with Gasteiger partial charge in [-0.2, -0.15) is 0 Å². The summed E-state index contributed by atoms with van der Waals surface area (Å²) in [5.41, 5.74) is 15.5. The summed E-state index contributed by atoms with van der Waals surface area (Å²) < 4.78 is 8.87. The van der Waals surface area contributed by atoms with Gasteiger partial charge in [-0.25, -0.2) is 9.97 Å². The smallest absolute Gasteiger partial charge is 0.180 e. The van der Waals surface area contributed by atoms with Crippen molar-refractivity contribution in [2.45, 2.75) is 0 Å². The molecule has 0 amide bonds. The largest absolute Gasteiger partial charge is 0.452 e. The van der Waals surface area contributed by atoms with Crippen molar-refractivity contribution in [3.05, 3.63) is 200 Å². The van der Waals surface area contributed by atoms with Crippen LogP contribution in [0.15, 0.2) is 205 Å². The van der Waals surface area contributed by atoms with Gasteiger partial charge in [0, 0.05) is 33.0 Å². The Labute approximate surface area is 323 Å². The summed E-state index contributed by atoms with van der Waals surface area (Å²) in [5, 5.41) is 3.46. The van der Waals surface area contributed by atoms with E-state index in [4.69, 9.17) is 14.4 Å². The highest BCUT2D eigenvalue weighted by Gasteiger charge is 2.19. The summed E-state index contributed by atoms with van der Waals surface area (Å²) in [6, 6.07) is 70.5. The van der Waals surface area contributed by atoms with Crippen molar-refractivity contribution in [3.63, 3.8) is 0 Å². The minimum absolute atomic E-state index is 0.674. The molecule has 0 saturated heterocycles. The maximum Gasteiger partial charge on any atom is 0.180 e. The maximum absolute atomic E-state index is 6.52. The van der Waals surface area contributed by atoms with Crippen molar-refractivity contribution in [3.8, 4) is 61.7 Å². The van der Waals surface area contributed by atoms with Crippen LogP contribution < -0.4 is 0 Å². The first-order chi connectivity index (χ1) is 27.7. The van der Waals surface area contributed by atoms with Crippen LogP contribution in [0.3, 0.4) is 0 Å². The minimum Gasteiger partial charge on any atom is -0.452 e. The van der Waals surface area contributed by atoms with Crippen molar-refractivity contribution in [2.24, 2.45) is 0 Å². The highest BCUT2D eigenvalue weighted by Crippen LogP contribution is 2.39. The molecular formula is C52H33N3O. The molecular weight excluding hydrogens is 683 g/mol. The number of rotatable bonds is 6. The lowest BCUT2D eigenvalue weighted by molar-refractivity contribution is 0.667. The lowest BCUT2D eigenvalue weighted by atomic mass is 9.95. The van der Waals surface area contributed by atoms with Gasteiger partial charge in [-0.3, -0.25) is 0 Å². The fourth-order valence-corrected chi connectivity index (χ4v) is 8.10. The van der Waals surface area contributed by atoms with Crippen LogP contribution in [-0.4, -0.2) is 14.5 Å². The highest BCUT2D eigenvalue weighted by atomic mass is 16.3. The summed E-state index contributed by atoms with van der Waals surface area (Å²) in [6.45, 7) is 0. The first-order valence-electron chi connectivity index (χ1n) is 18.9. The molecule has 4 nitrogen and oxygen atoms in total. The third kappa shape index (κ3) is 5.39. The van der Waals surface area contributed by atoms with E-state index in [9.17, 15) is 0 Å². The summed E-state index contributed by atoms with van der Waals surface area (Å²) >= 11 is 0. The van der Waals surface area contributed by atoms with Crippen molar-refractivity contribution in [2.75, 3.05) is 0 Å².